The average molecular weight is 420 g/mol. The lowest BCUT2D eigenvalue weighted by Gasteiger charge is -2.31. The number of hydrogen-bond acceptors (Lipinski definition) is 4. The minimum Gasteiger partial charge on any atom is -0.439 e. The molecular weight excluding hydrogens is 386 g/mol. The van der Waals surface area contributed by atoms with E-state index in [4.69, 9.17) is 9.84 Å². The van der Waals surface area contributed by atoms with E-state index in [9.17, 15) is 5.11 Å². The van der Waals surface area contributed by atoms with Gasteiger partial charge in [0, 0.05) is 32.2 Å². The topological polar surface area (TPSA) is 50.5 Å². The molecule has 2 aromatic carbocycles. The lowest BCUT2D eigenvalue weighted by atomic mass is 10.0. The molecule has 1 N–H and O–H groups in total. The van der Waals surface area contributed by atoms with Crippen LogP contribution >= 0.6 is 0 Å². The number of hydrogen-bond donors (Lipinski definition) is 1. The second kappa shape index (κ2) is 9.94. The first-order valence-electron chi connectivity index (χ1n) is 10.7. The summed E-state index contributed by atoms with van der Waals surface area (Å²) in [4.78, 5) is 2.24. The van der Waals surface area contributed by atoms with Crippen LogP contribution in [0.4, 0.5) is 0 Å². The molecule has 0 amide bonds. The van der Waals surface area contributed by atoms with Gasteiger partial charge in [0.05, 0.1) is 11.2 Å². The summed E-state index contributed by atoms with van der Waals surface area (Å²) in [6.45, 7) is 11.8. The van der Waals surface area contributed by atoms with Gasteiger partial charge in [-0.05, 0) is 25.0 Å². The normalized spacial score (nSPS) is 13.4. The number of benzene rings is 2. The van der Waals surface area contributed by atoms with Crippen LogP contribution in [0.3, 0.4) is 0 Å². The van der Waals surface area contributed by atoms with Crippen molar-refractivity contribution < 1.29 is 9.84 Å². The highest BCUT2D eigenvalue weighted by Crippen LogP contribution is 2.34. The van der Waals surface area contributed by atoms with Crippen LogP contribution < -0.4 is 4.74 Å². The fourth-order valence-electron chi connectivity index (χ4n) is 3.69. The van der Waals surface area contributed by atoms with Crippen molar-refractivity contribution in [3.05, 3.63) is 78.9 Å². The van der Waals surface area contributed by atoms with Gasteiger partial charge in [0.15, 0.2) is 0 Å². The molecule has 5 nitrogen and oxygen atoms in total. The van der Waals surface area contributed by atoms with Crippen LogP contribution in [0.25, 0.3) is 11.3 Å². The predicted molar refractivity (Wildman–Crippen MR) is 126 cm³/mol. The molecule has 5 heteroatoms. The van der Waals surface area contributed by atoms with Crippen molar-refractivity contribution >= 4 is 0 Å². The van der Waals surface area contributed by atoms with Crippen LogP contribution in [0.2, 0.25) is 0 Å². The highest BCUT2D eigenvalue weighted by atomic mass is 16.5. The first-order valence-corrected chi connectivity index (χ1v) is 10.7. The van der Waals surface area contributed by atoms with Crippen molar-refractivity contribution in [3.63, 3.8) is 0 Å². The molecule has 0 saturated heterocycles. The third kappa shape index (κ3) is 6.06. The Labute approximate surface area is 185 Å². The summed E-state index contributed by atoms with van der Waals surface area (Å²) in [5, 5.41) is 15.5. The minimum absolute atomic E-state index is 0.441. The van der Waals surface area contributed by atoms with Crippen molar-refractivity contribution in [2.75, 3.05) is 13.1 Å². The summed E-state index contributed by atoms with van der Waals surface area (Å²) in [6.07, 6.45) is 1.60. The van der Waals surface area contributed by atoms with Gasteiger partial charge >= 0.3 is 0 Å². The van der Waals surface area contributed by atoms with E-state index in [2.05, 4.69) is 37.5 Å². The zero-order valence-corrected chi connectivity index (χ0v) is 19.0. The summed E-state index contributed by atoms with van der Waals surface area (Å²) < 4.78 is 8.09. The predicted octanol–water partition coefficient (Wildman–Crippen LogP) is 5.27. The molecule has 31 heavy (non-hydrogen) atoms. The van der Waals surface area contributed by atoms with Crippen molar-refractivity contribution in [2.24, 2.45) is 13.0 Å². The van der Waals surface area contributed by atoms with E-state index in [-0.39, 0.29) is 0 Å². The number of aromatic nitrogens is 2. The third-order valence-corrected chi connectivity index (χ3v) is 5.08. The first-order chi connectivity index (χ1) is 14.8. The maximum Gasteiger partial charge on any atom is 0.222 e. The van der Waals surface area contributed by atoms with Crippen LogP contribution in [0.1, 0.15) is 26.3 Å². The zero-order valence-electron chi connectivity index (χ0n) is 19.0. The Morgan fingerprint density at radius 3 is 2.32 bits per heavy atom. The summed E-state index contributed by atoms with van der Waals surface area (Å²) in [5.41, 5.74) is 1.94. The lowest BCUT2D eigenvalue weighted by molar-refractivity contribution is 0.0539. The Morgan fingerprint density at radius 2 is 1.74 bits per heavy atom. The van der Waals surface area contributed by atoms with Crippen LogP contribution in [0.15, 0.2) is 73.3 Å². The van der Waals surface area contributed by atoms with E-state index in [1.54, 1.807) is 17.7 Å². The molecule has 164 valence electrons. The number of aryl methyl sites for hydroxylation is 1. The maximum atomic E-state index is 10.7. The van der Waals surface area contributed by atoms with Crippen molar-refractivity contribution in [1.82, 2.24) is 14.7 Å². The molecule has 3 rings (SSSR count). The van der Waals surface area contributed by atoms with Crippen molar-refractivity contribution in [1.29, 1.82) is 0 Å². The first kappa shape index (κ1) is 22.8. The molecule has 0 aliphatic heterocycles. The van der Waals surface area contributed by atoms with Gasteiger partial charge in [-0.25, -0.2) is 4.68 Å². The molecule has 0 aliphatic carbocycles. The fourth-order valence-corrected chi connectivity index (χ4v) is 3.69. The molecule has 3 aromatic rings. The van der Waals surface area contributed by atoms with Crippen molar-refractivity contribution in [2.45, 2.75) is 32.9 Å². The largest absolute Gasteiger partial charge is 0.439 e. The number of nitrogens with zero attached hydrogens (tertiary/aromatic N) is 3. The Morgan fingerprint density at radius 1 is 1.13 bits per heavy atom. The van der Waals surface area contributed by atoms with Gasteiger partial charge in [-0.2, -0.15) is 5.10 Å². The zero-order chi connectivity index (χ0) is 22.4. The van der Waals surface area contributed by atoms with Crippen LogP contribution in [0, 0.1) is 5.92 Å². The van der Waals surface area contributed by atoms with E-state index < -0.39 is 5.60 Å². The van der Waals surface area contributed by atoms with Gasteiger partial charge in [-0.1, -0.05) is 68.5 Å². The molecule has 0 fully saturated rings. The second-order valence-electron chi connectivity index (χ2n) is 8.66. The molecule has 1 aromatic heterocycles. The van der Waals surface area contributed by atoms with Gasteiger partial charge < -0.3 is 9.84 Å². The molecule has 1 unspecified atom stereocenters. The summed E-state index contributed by atoms with van der Waals surface area (Å²) in [6, 6.07) is 19.9. The van der Waals surface area contributed by atoms with Crippen LogP contribution in [0.5, 0.6) is 11.6 Å². The van der Waals surface area contributed by atoms with Crippen LogP contribution in [-0.4, -0.2) is 38.5 Å². The minimum atomic E-state index is -0.982. The molecule has 1 heterocycles. The summed E-state index contributed by atoms with van der Waals surface area (Å²) in [5.74, 6) is 1.91. The Kier molecular flexibility index (Phi) is 7.31. The van der Waals surface area contributed by atoms with E-state index in [0.29, 0.717) is 24.9 Å². The van der Waals surface area contributed by atoms with E-state index in [1.165, 1.54) is 0 Å². The summed E-state index contributed by atoms with van der Waals surface area (Å²) >= 11 is 0. The number of ether oxygens (including phenoxy) is 1. The molecule has 0 spiro atoms. The van der Waals surface area contributed by atoms with Gasteiger partial charge in [0.25, 0.3) is 0 Å². The van der Waals surface area contributed by atoms with E-state index >= 15 is 0 Å². The monoisotopic (exact) mass is 419 g/mol. The molecule has 0 aliphatic rings. The second-order valence-corrected chi connectivity index (χ2v) is 8.66. The third-order valence-electron chi connectivity index (χ3n) is 5.08. The highest BCUT2D eigenvalue weighted by molar-refractivity contribution is 5.65. The van der Waals surface area contributed by atoms with E-state index in [1.807, 2.05) is 55.6 Å². The quantitative estimate of drug-likeness (QED) is 0.455. The molecule has 0 radical (unpaired) electrons. The molecule has 1 atom stereocenters. The van der Waals surface area contributed by atoms with Crippen LogP contribution in [-0.2, 0) is 13.6 Å². The number of aliphatic hydroxyl groups is 1. The smallest absolute Gasteiger partial charge is 0.222 e. The van der Waals surface area contributed by atoms with Gasteiger partial charge in [-0.15, -0.1) is 6.58 Å². The molecule has 0 saturated carbocycles. The standard InChI is InChI=1S/C26H33N3O2/c1-6-26(4,30)19-29(17-20(2)3)18-23-24(21-13-9-7-10-14-21)27-28(5)25(23)31-22-15-11-8-12-16-22/h6-16,20,30H,1,17-19H2,2-5H3. The van der Waals surface area contributed by atoms with E-state index in [0.717, 1.165) is 29.1 Å². The Bertz CT molecular complexity index is 979. The maximum absolute atomic E-state index is 10.7. The lowest BCUT2D eigenvalue weighted by Crippen LogP contribution is -2.40. The van der Waals surface area contributed by atoms with Gasteiger partial charge in [-0.3, -0.25) is 4.90 Å². The van der Waals surface area contributed by atoms with Crippen molar-refractivity contribution in [3.8, 4) is 22.9 Å². The molecular formula is C26H33N3O2. The summed E-state index contributed by atoms with van der Waals surface area (Å²) in [7, 11) is 1.90. The Balaban J connectivity index is 2.04. The number of para-hydroxylation sites is 1. The van der Waals surface area contributed by atoms with Gasteiger partial charge in [0.2, 0.25) is 5.88 Å². The highest BCUT2D eigenvalue weighted by Gasteiger charge is 2.26. The average Bonchev–Trinajstić information content (AvgIpc) is 3.04. The molecule has 0 bridgehead atoms. The van der Waals surface area contributed by atoms with Gasteiger partial charge in [0.1, 0.15) is 11.4 Å². The number of rotatable bonds is 10. The Hall–Kier alpha value is -2.89. The fraction of sp³-hybridized carbons (Fsp3) is 0.346. The SMILES string of the molecule is C=CC(C)(O)CN(Cc1c(-c2ccccc2)nn(C)c1Oc1ccccc1)CC(C)C.